The molecule has 0 aromatic heterocycles. The number of carboxylic acids is 1. The molecule has 3 atom stereocenters. The van der Waals surface area contributed by atoms with Crippen molar-refractivity contribution in [3.8, 4) is 0 Å². The number of aliphatic hydroxyl groups is 2. The second kappa shape index (κ2) is 15.6. The summed E-state index contributed by atoms with van der Waals surface area (Å²) < 4.78 is 0.335. The number of carbonyl (C=O) groups excluding carboxylic acids is 1. The predicted molar refractivity (Wildman–Crippen MR) is 117 cm³/mol. The van der Waals surface area contributed by atoms with E-state index in [4.69, 9.17) is 0 Å². The molecule has 0 heterocycles. The highest BCUT2D eigenvalue weighted by Gasteiger charge is 2.39. The third-order valence-corrected chi connectivity index (χ3v) is 5.01. The molecule has 0 radical (unpaired) electrons. The maximum absolute atomic E-state index is 12.3. The van der Waals surface area contributed by atoms with Crippen LogP contribution in [0.5, 0.6) is 0 Å². The zero-order chi connectivity index (χ0) is 22.3. The molecular weight excluding hydrogens is 370 g/mol. The van der Waals surface area contributed by atoms with Crippen LogP contribution in [-0.2, 0) is 9.59 Å². The molecular formula is C23H44NO5+. The minimum Gasteiger partial charge on any atom is -0.481 e. The van der Waals surface area contributed by atoms with Gasteiger partial charge in [0.05, 0.1) is 21.1 Å². The number of aliphatic carboxylic acids is 1. The Morgan fingerprint density at radius 2 is 1.38 bits per heavy atom. The van der Waals surface area contributed by atoms with Gasteiger partial charge >= 0.3 is 5.97 Å². The molecule has 0 bridgehead atoms. The lowest BCUT2D eigenvalue weighted by molar-refractivity contribution is -0.873. The van der Waals surface area contributed by atoms with Crippen LogP contribution < -0.4 is 0 Å². The molecule has 0 amide bonds. The van der Waals surface area contributed by atoms with Crippen molar-refractivity contribution in [2.75, 3.05) is 27.7 Å². The van der Waals surface area contributed by atoms with E-state index in [1.54, 1.807) is 0 Å². The van der Waals surface area contributed by atoms with Gasteiger partial charge in [0, 0.05) is 0 Å². The Labute approximate surface area is 177 Å². The predicted octanol–water partition coefficient (Wildman–Crippen LogP) is 3.55. The molecule has 170 valence electrons. The first kappa shape index (κ1) is 27.8. The first-order chi connectivity index (χ1) is 13.6. The van der Waals surface area contributed by atoms with Gasteiger partial charge in [-0.2, -0.15) is 0 Å². The van der Waals surface area contributed by atoms with Gasteiger partial charge in [0.15, 0.2) is 5.78 Å². The molecule has 0 saturated heterocycles. The lowest BCUT2D eigenvalue weighted by Gasteiger charge is -2.29. The van der Waals surface area contributed by atoms with Crippen molar-refractivity contribution in [3.05, 3.63) is 12.2 Å². The number of likely N-dealkylation sites (N-methyl/N-ethyl adjacent to an activating group) is 1. The smallest absolute Gasteiger partial charge is 0.317 e. The fraction of sp³-hybridized carbons (Fsp3) is 0.826. The number of carbonyl (C=O) groups is 2. The Balaban J connectivity index is 4.07. The fourth-order valence-electron chi connectivity index (χ4n) is 3.37. The van der Waals surface area contributed by atoms with Crippen LogP contribution in [0.3, 0.4) is 0 Å². The molecule has 29 heavy (non-hydrogen) atoms. The minimum absolute atomic E-state index is 0.127. The van der Waals surface area contributed by atoms with E-state index >= 15 is 0 Å². The van der Waals surface area contributed by atoms with Gasteiger partial charge in [-0.15, -0.1) is 0 Å². The number of hydrogen-bond acceptors (Lipinski definition) is 4. The van der Waals surface area contributed by atoms with E-state index in [9.17, 15) is 24.9 Å². The van der Waals surface area contributed by atoms with E-state index < -0.39 is 29.9 Å². The van der Waals surface area contributed by atoms with Gasteiger partial charge in [0.25, 0.3) is 0 Å². The number of rotatable bonds is 18. The van der Waals surface area contributed by atoms with Crippen molar-refractivity contribution < 1.29 is 29.4 Å². The van der Waals surface area contributed by atoms with Crippen molar-refractivity contribution >= 4 is 11.8 Å². The average molecular weight is 415 g/mol. The molecule has 0 aliphatic carbocycles. The number of quaternary nitrogens is 1. The topological polar surface area (TPSA) is 94.8 Å². The second-order valence-electron chi connectivity index (χ2n) is 9.09. The number of nitrogens with zero attached hydrogens (tertiary/aromatic N) is 1. The maximum atomic E-state index is 12.3. The van der Waals surface area contributed by atoms with E-state index in [2.05, 4.69) is 19.1 Å². The van der Waals surface area contributed by atoms with E-state index in [0.717, 1.165) is 32.1 Å². The van der Waals surface area contributed by atoms with Gasteiger partial charge in [0.1, 0.15) is 24.7 Å². The molecule has 0 spiro atoms. The highest BCUT2D eigenvalue weighted by atomic mass is 16.4. The second-order valence-corrected chi connectivity index (χ2v) is 9.09. The van der Waals surface area contributed by atoms with Crippen LogP contribution >= 0.6 is 0 Å². The molecule has 0 aliphatic rings. The number of hydrogen-bond donors (Lipinski definition) is 3. The van der Waals surface area contributed by atoms with Gasteiger partial charge in [-0.05, 0) is 32.1 Å². The summed E-state index contributed by atoms with van der Waals surface area (Å²) in [6.45, 7) is 2.34. The Morgan fingerprint density at radius 3 is 1.86 bits per heavy atom. The van der Waals surface area contributed by atoms with Crippen LogP contribution in [0, 0.1) is 5.92 Å². The zero-order valence-electron chi connectivity index (χ0n) is 19.0. The molecule has 0 aromatic carbocycles. The SMILES string of the molecule is CCCCCC/C=C\CCCCCCC(O)C(=O)C(C(=O)O)C(O)C[N+](C)(C)C. The Morgan fingerprint density at radius 1 is 0.862 bits per heavy atom. The molecule has 0 rings (SSSR count). The number of allylic oxidation sites excluding steroid dienone is 2. The Bertz CT molecular complexity index is 484. The average Bonchev–Trinajstić information content (AvgIpc) is 2.60. The summed E-state index contributed by atoms with van der Waals surface area (Å²) in [5.74, 6) is -3.74. The summed E-state index contributed by atoms with van der Waals surface area (Å²) in [5, 5.41) is 29.6. The Kier molecular flexibility index (Phi) is 14.9. The normalized spacial score (nSPS) is 15.4. The largest absolute Gasteiger partial charge is 0.481 e. The number of ketones is 1. The van der Waals surface area contributed by atoms with Crippen LogP contribution in [0.2, 0.25) is 0 Å². The van der Waals surface area contributed by atoms with Gasteiger partial charge in [-0.1, -0.05) is 57.6 Å². The van der Waals surface area contributed by atoms with Gasteiger partial charge < -0.3 is 19.8 Å². The summed E-state index contributed by atoms with van der Waals surface area (Å²) in [6, 6.07) is 0. The lowest BCUT2D eigenvalue weighted by atomic mass is 9.91. The monoisotopic (exact) mass is 414 g/mol. The van der Waals surface area contributed by atoms with Crippen molar-refractivity contribution in [3.63, 3.8) is 0 Å². The molecule has 3 unspecified atom stereocenters. The van der Waals surface area contributed by atoms with Crippen molar-refractivity contribution in [1.82, 2.24) is 0 Å². The van der Waals surface area contributed by atoms with Crippen LogP contribution in [0.25, 0.3) is 0 Å². The van der Waals surface area contributed by atoms with Gasteiger partial charge in [-0.25, -0.2) is 0 Å². The molecule has 3 N–H and O–H groups in total. The van der Waals surface area contributed by atoms with E-state index in [-0.39, 0.29) is 13.0 Å². The van der Waals surface area contributed by atoms with Crippen molar-refractivity contribution in [1.29, 1.82) is 0 Å². The molecule has 6 nitrogen and oxygen atoms in total. The summed E-state index contributed by atoms with van der Waals surface area (Å²) in [4.78, 5) is 23.8. The van der Waals surface area contributed by atoms with Gasteiger partial charge in [0.2, 0.25) is 0 Å². The van der Waals surface area contributed by atoms with Crippen molar-refractivity contribution in [2.45, 2.75) is 89.8 Å². The summed E-state index contributed by atoms with van der Waals surface area (Å²) in [6.07, 6.45) is 13.1. The molecule has 6 heteroatoms. The molecule has 0 aromatic rings. The maximum Gasteiger partial charge on any atom is 0.317 e. The first-order valence-electron chi connectivity index (χ1n) is 11.2. The quantitative estimate of drug-likeness (QED) is 0.138. The molecule has 0 aliphatic heterocycles. The van der Waals surface area contributed by atoms with Crippen LogP contribution in [0.4, 0.5) is 0 Å². The summed E-state index contributed by atoms with van der Waals surface area (Å²) in [5.41, 5.74) is 0. The first-order valence-corrected chi connectivity index (χ1v) is 11.2. The zero-order valence-corrected chi connectivity index (χ0v) is 19.0. The number of carboxylic acid groups (broad SMARTS) is 1. The number of Topliss-reactive ketones (excluding diaryl/α,β-unsaturated/α-hetero) is 1. The summed E-state index contributed by atoms with van der Waals surface area (Å²) >= 11 is 0. The molecule has 0 fully saturated rings. The fourth-order valence-corrected chi connectivity index (χ4v) is 3.37. The highest BCUT2D eigenvalue weighted by molar-refractivity contribution is 6.01. The highest BCUT2D eigenvalue weighted by Crippen LogP contribution is 2.16. The van der Waals surface area contributed by atoms with Crippen LogP contribution in [-0.4, -0.2) is 71.5 Å². The van der Waals surface area contributed by atoms with Gasteiger partial charge in [-0.3, -0.25) is 9.59 Å². The Hall–Kier alpha value is -1.24. The van der Waals surface area contributed by atoms with E-state index in [0.29, 0.717) is 10.9 Å². The van der Waals surface area contributed by atoms with Crippen molar-refractivity contribution in [2.24, 2.45) is 5.92 Å². The van der Waals surface area contributed by atoms with Crippen LogP contribution in [0.15, 0.2) is 12.2 Å². The van der Waals surface area contributed by atoms with E-state index in [1.807, 2.05) is 21.1 Å². The molecule has 0 saturated carbocycles. The lowest BCUT2D eigenvalue weighted by Crippen LogP contribution is -2.49. The number of unbranched alkanes of at least 4 members (excludes halogenated alkanes) is 8. The third-order valence-electron chi connectivity index (χ3n) is 5.01. The number of aliphatic hydroxyl groups excluding tert-OH is 2. The van der Waals surface area contributed by atoms with Crippen LogP contribution in [0.1, 0.15) is 77.6 Å². The third kappa shape index (κ3) is 14.4. The summed E-state index contributed by atoms with van der Waals surface area (Å²) in [7, 11) is 5.43. The standard InChI is InChI=1S/C23H43NO5/c1-5-6-7-8-9-10-11-12-13-14-15-16-17-19(25)22(27)21(23(28)29)20(26)18-24(2,3)4/h10-11,19-21,25-26H,5-9,12-18H2,1-4H3/p+1/b11-10-. The van der Waals surface area contributed by atoms with E-state index in [1.165, 1.54) is 25.7 Å². The minimum atomic E-state index is -1.58.